The Labute approximate surface area is 220 Å². The number of amidine groups is 1. The minimum Gasteiger partial charge on any atom is -0.483 e. The van der Waals surface area contributed by atoms with E-state index in [-0.39, 0.29) is 59.1 Å². The second-order valence-electron chi connectivity index (χ2n) is 8.13. The first kappa shape index (κ1) is 29.5. The van der Waals surface area contributed by atoms with E-state index in [1.54, 1.807) is 19.1 Å². The van der Waals surface area contributed by atoms with Gasteiger partial charge in [-0.3, -0.25) is 15.0 Å². The minimum absolute atomic E-state index is 0.00650. The fraction of sp³-hybridized carbons (Fsp3) is 0.304. The van der Waals surface area contributed by atoms with Crippen LogP contribution in [-0.2, 0) is 21.4 Å². The van der Waals surface area contributed by atoms with Crippen LogP contribution in [0.1, 0.15) is 34.8 Å². The molecule has 0 fully saturated rings. The number of rotatable bonds is 11. The molecule has 0 saturated heterocycles. The number of nitrogens with two attached hydrogens (primary N) is 2. The molecule has 1 unspecified atom stereocenters. The second-order valence-corrected chi connectivity index (χ2v) is 10.9. The number of hydrogen-bond donors (Lipinski definition) is 5. The summed E-state index contributed by atoms with van der Waals surface area (Å²) >= 11 is 6.18. The first-order valence-corrected chi connectivity index (χ1v) is 13.0. The third-order valence-electron chi connectivity index (χ3n) is 5.53. The molecule has 0 saturated carbocycles. The molecule has 37 heavy (non-hydrogen) atoms. The highest BCUT2D eigenvalue weighted by Crippen LogP contribution is 2.31. The number of sulfonamides is 1. The molecule has 7 N–H and O–H groups in total. The average Bonchev–Trinajstić information content (AvgIpc) is 2.84. The molecular weight excluding hydrogens is 524 g/mol. The molecule has 1 atom stereocenters. The highest BCUT2D eigenvalue weighted by molar-refractivity contribution is 7.91. The van der Waals surface area contributed by atoms with Crippen molar-refractivity contribution in [1.29, 1.82) is 5.41 Å². The number of nitrogens with zero attached hydrogens (tertiary/aromatic N) is 1. The number of halogens is 1. The summed E-state index contributed by atoms with van der Waals surface area (Å²) in [6.07, 6.45) is 0.254. The molecule has 0 heterocycles. The summed E-state index contributed by atoms with van der Waals surface area (Å²) in [6, 6.07) is 7.28. The van der Waals surface area contributed by atoms with Gasteiger partial charge in [0.05, 0.1) is 7.05 Å². The normalized spacial score (nSPS) is 12.8. The van der Waals surface area contributed by atoms with Crippen LogP contribution in [0.15, 0.2) is 36.4 Å². The molecule has 0 aliphatic rings. The number of benzene rings is 2. The summed E-state index contributed by atoms with van der Waals surface area (Å²) in [7, 11) is -1.49. The second kappa shape index (κ2) is 12.0. The number of nitrogen functional groups attached to an aromatic ring is 1. The van der Waals surface area contributed by atoms with Crippen molar-refractivity contribution in [2.75, 3.05) is 26.5 Å². The van der Waals surface area contributed by atoms with E-state index >= 15 is 0 Å². The first-order valence-electron chi connectivity index (χ1n) is 11.1. The topological polar surface area (TPSA) is 195 Å². The van der Waals surface area contributed by atoms with Crippen LogP contribution in [0.25, 0.3) is 0 Å². The van der Waals surface area contributed by atoms with Crippen molar-refractivity contribution in [3.8, 4) is 5.75 Å². The molecule has 4 amide bonds. The minimum atomic E-state index is -4.08. The van der Waals surface area contributed by atoms with Gasteiger partial charge in [-0.25, -0.2) is 4.79 Å². The molecule has 0 aliphatic heterocycles. The zero-order valence-corrected chi connectivity index (χ0v) is 22.2. The summed E-state index contributed by atoms with van der Waals surface area (Å²) < 4.78 is 30.1. The monoisotopic (exact) mass is 553 g/mol. The number of hydrogen-bond acceptors (Lipinski definition) is 7. The van der Waals surface area contributed by atoms with E-state index in [0.29, 0.717) is 11.1 Å². The summed E-state index contributed by atoms with van der Waals surface area (Å²) in [5.74, 6) is -1.30. The molecule has 12 nitrogen and oxygen atoms in total. The number of primary amides is 1. The largest absolute Gasteiger partial charge is 0.483 e. The zero-order valence-electron chi connectivity index (χ0n) is 20.6. The van der Waals surface area contributed by atoms with Crippen LogP contribution in [0.5, 0.6) is 5.75 Å². The van der Waals surface area contributed by atoms with Crippen LogP contribution in [-0.4, -0.2) is 58.6 Å². The van der Waals surface area contributed by atoms with Crippen LogP contribution >= 0.6 is 11.6 Å². The molecule has 0 bridgehead atoms. The molecule has 2 rings (SSSR count). The number of amides is 4. The lowest BCUT2D eigenvalue weighted by Gasteiger charge is -2.28. The van der Waals surface area contributed by atoms with Crippen molar-refractivity contribution in [1.82, 2.24) is 14.5 Å². The maximum absolute atomic E-state index is 13.0. The number of ether oxygens (including phenoxy) is 1. The van der Waals surface area contributed by atoms with Crippen molar-refractivity contribution in [3.05, 3.63) is 58.1 Å². The molecule has 14 heteroatoms. The van der Waals surface area contributed by atoms with Gasteiger partial charge in [0.2, 0.25) is 0 Å². The molecule has 200 valence electrons. The lowest BCUT2D eigenvalue weighted by molar-refractivity contribution is -0.122. The average molecular weight is 554 g/mol. The summed E-state index contributed by atoms with van der Waals surface area (Å²) in [5, 5.41) is 12.7. The molecule has 2 aromatic carbocycles. The van der Waals surface area contributed by atoms with E-state index in [1.165, 1.54) is 31.3 Å². The Morgan fingerprint density at radius 3 is 2.35 bits per heavy atom. The van der Waals surface area contributed by atoms with Gasteiger partial charge in [0.1, 0.15) is 17.3 Å². The summed E-state index contributed by atoms with van der Waals surface area (Å²) in [4.78, 5) is 36.9. The fourth-order valence-electron chi connectivity index (χ4n) is 3.31. The van der Waals surface area contributed by atoms with Crippen molar-refractivity contribution in [3.63, 3.8) is 0 Å². The number of quaternary nitrogens is 1. The third kappa shape index (κ3) is 6.76. The summed E-state index contributed by atoms with van der Waals surface area (Å²) in [6.45, 7) is 1.29. The van der Waals surface area contributed by atoms with E-state index in [2.05, 4.69) is 10.6 Å². The standard InChI is InChI=1S/C23H29ClN6O6S/c1-4-7-37(34,35)30(3,23(27)33)18-9-16(8-17(24)11-18)22(32)29-12-15-6-5-14(21(25)26)10-19(15)36-13-20(31)28-2/h5-6,8-11H,4,7,12-13H2,1-3H3,(H6-,25,26,27,28,29,31,32,33)/p+1. The van der Waals surface area contributed by atoms with Crippen LogP contribution in [0, 0.1) is 5.41 Å². The predicted octanol–water partition coefficient (Wildman–Crippen LogP) is 1.43. The Hall–Kier alpha value is -3.68. The Morgan fingerprint density at radius 1 is 1.11 bits per heavy atom. The van der Waals surface area contributed by atoms with Crippen LogP contribution in [0.4, 0.5) is 10.5 Å². The van der Waals surface area contributed by atoms with Gasteiger partial charge < -0.3 is 26.8 Å². The Balaban J connectivity index is 2.38. The van der Waals surface area contributed by atoms with E-state index in [4.69, 9.17) is 33.2 Å². The number of likely N-dealkylation sites (N-methyl/N-ethyl adjacent to an activating group) is 1. The Kier molecular flexibility index (Phi) is 9.61. The van der Waals surface area contributed by atoms with Crippen LogP contribution in [0.3, 0.4) is 0 Å². The Morgan fingerprint density at radius 2 is 1.78 bits per heavy atom. The maximum atomic E-state index is 13.0. The highest BCUT2D eigenvalue weighted by Gasteiger charge is 2.46. The highest BCUT2D eigenvalue weighted by atomic mass is 35.5. The molecular formula is C23H30ClN6O6S+. The van der Waals surface area contributed by atoms with Gasteiger partial charge in [-0.05, 0) is 18.6 Å². The smallest absolute Gasteiger partial charge is 0.434 e. The van der Waals surface area contributed by atoms with E-state index in [9.17, 15) is 22.8 Å². The van der Waals surface area contributed by atoms with Gasteiger partial charge in [0, 0.05) is 47.4 Å². The van der Waals surface area contributed by atoms with E-state index < -0.39 is 25.8 Å². The molecule has 0 aromatic heterocycles. The number of urea groups is 1. The Bertz CT molecular complexity index is 1330. The molecule has 0 aliphatic carbocycles. The van der Waals surface area contributed by atoms with Crippen LogP contribution in [0.2, 0.25) is 5.02 Å². The number of carbonyl (C=O) groups excluding carboxylic acids is 3. The maximum Gasteiger partial charge on any atom is 0.434 e. The fourth-order valence-corrected chi connectivity index (χ4v) is 5.12. The lowest BCUT2D eigenvalue weighted by Crippen LogP contribution is -2.58. The SMILES string of the molecule is CCCS(=O)(=O)[N+](C)(C(N)=O)c1cc(Cl)cc(C(=O)NCc2ccc(C(=N)N)cc2OCC(=O)NC)c1. The van der Waals surface area contributed by atoms with Crippen molar-refractivity contribution >= 4 is 51.0 Å². The summed E-state index contributed by atoms with van der Waals surface area (Å²) in [5.41, 5.74) is 11.8. The van der Waals surface area contributed by atoms with E-state index in [0.717, 1.165) is 7.05 Å². The van der Waals surface area contributed by atoms with Gasteiger partial charge in [-0.1, -0.05) is 30.7 Å². The lowest BCUT2D eigenvalue weighted by atomic mass is 10.1. The van der Waals surface area contributed by atoms with Gasteiger partial charge in [-0.2, -0.15) is 8.42 Å². The van der Waals surface area contributed by atoms with Gasteiger partial charge in [-0.15, -0.1) is 3.89 Å². The van der Waals surface area contributed by atoms with E-state index in [1.807, 2.05) is 0 Å². The quantitative estimate of drug-likeness (QED) is 0.158. The molecule has 0 radical (unpaired) electrons. The van der Waals surface area contributed by atoms with Gasteiger partial charge in [0.15, 0.2) is 12.3 Å². The first-order chi connectivity index (χ1) is 17.3. The van der Waals surface area contributed by atoms with Crippen molar-refractivity contribution < 1.29 is 27.5 Å². The van der Waals surface area contributed by atoms with Gasteiger partial charge in [0.25, 0.3) is 11.8 Å². The van der Waals surface area contributed by atoms with Gasteiger partial charge >= 0.3 is 16.1 Å². The zero-order chi connectivity index (χ0) is 28.0. The van der Waals surface area contributed by atoms with Crippen molar-refractivity contribution in [2.24, 2.45) is 11.5 Å². The molecule has 0 spiro atoms. The third-order valence-corrected chi connectivity index (χ3v) is 8.18. The molecule has 2 aromatic rings. The van der Waals surface area contributed by atoms with Crippen molar-refractivity contribution in [2.45, 2.75) is 19.9 Å². The predicted molar refractivity (Wildman–Crippen MR) is 141 cm³/mol. The number of carbonyl (C=O) groups is 3. The number of nitrogens with one attached hydrogen (secondary N) is 3. The van der Waals surface area contributed by atoms with Crippen LogP contribution < -0.4 is 30.7 Å².